The number of aryl methyl sites for hydroxylation is 3. The molecule has 0 saturated heterocycles. The maximum Gasteiger partial charge on any atom is 0.305 e. The minimum Gasteiger partial charge on any atom is -0.466 e. The zero-order valence-corrected chi connectivity index (χ0v) is 11.2. The molecule has 0 saturated carbocycles. The normalized spacial score (nSPS) is 13.4. The number of carbonyl (C=O) groups excluding carboxylic acids is 1. The van der Waals surface area contributed by atoms with E-state index in [1.165, 1.54) is 36.0 Å². The van der Waals surface area contributed by atoms with Gasteiger partial charge in [-0.3, -0.25) is 4.79 Å². The molecular weight excluding hydrogens is 224 g/mol. The minimum atomic E-state index is -0.0635. The van der Waals surface area contributed by atoms with Crippen LogP contribution in [0.1, 0.15) is 49.3 Å². The predicted octanol–water partition coefficient (Wildman–Crippen LogP) is 3.45. The quantitative estimate of drug-likeness (QED) is 0.567. The Balaban J connectivity index is 1.72. The van der Waals surface area contributed by atoms with Crippen LogP contribution in [0, 0.1) is 0 Å². The Morgan fingerprint density at radius 3 is 2.89 bits per heavy atom. The zero-order valence-electron chi connectivity index (χ0n) is 11.2. The summed E-state index contributed by atoms with van der Waals surface area (Å²) in [4.78, 5) is 11.2. The van der Waals surface area contributed by atoms with Gasteiger partial charge in [0, 0.05) is 6.42 Å². The van der Waals surface area contributed by atoms with Gasteiger partial charge in [-0.2, -0.15) is 0 Å². The molecule has 0 heterocycles. The number of benzene rings is 1. The minimum absolute atomic E-state index is 0.0635. The number of hydrogen-bond donors (Lipinski definition) is 0. The highest BCUT2D eigenvalue weighted by Crippen LogP contribution is 2.23. The van der Waals surface area contributed by atoms with Gasteiger partial charge in [0.1, 0.15) is 0 Å². The average Bonchev–Trinajstić information content (AvgIpc) is 2.82. The lowest BCUT2D eigenvalue weighted by Gasteiger charge is -2.05. The van der Waals surface area contributed by atoms with Crippen molar-refractivity contribution < 1.29 is 9.53 Å². The van der Waals surface area contributed by atoms with Crippen LogP contribution in [0.4, 0.5) is 0 Å². The van der Waals surface area contributed by atoms with Gasteiger partial charge in [0.25, 0.3) is 0 Å². The smallest absolute Gasteiger partial charge is 0.305 e. The number of unbranched alkanes of at least 4 members (excludes halogenated alkanes) is 1. The molecule has 0 aromatic heterocycles. The van der Waals surface area contributed by atoms with Crippen LogP contribution in [0.25, 0.3) is 0 Å². The summed E-state index contributed by atoms with van der Waals surface area (Å²) in [5, 5.41) is 0. The monoisotopic (exact) mass is 246 g/mol. The lowest BCUT2D eigenvalue weighted by atomic mass is 10.0. The molecular formula is C16H22O2. The summed E-state index contributed by atoms with van der Waals surface area (Å²) >= 11 is 0. The second-order valence-electron chi connectivity index (χ2n) is 4.97. The molecule has 0 aliphatic heterocycles. The molecule has 0 atom stereocenters. The molecule has 0 unspecified atom stereocenters. The van der Waals surface area contributed by atoms with Crippen LogP contribution in [0.15, 0.2) is 18.2 Å². The van der Waals surface area contributed by atoms with Crippen LogP contribution in [-0.4, -0.2) is 12.6 Å². The van der Waals surface area contributed by atoms with Gasteiger partial charge in [-0.25, -0.2) is 0 Å². The third-order valence-corrected chi connectivity index (χ3v) is 3.56. The maximum absolute atomic E-state index is 11.2. The van der Waals surface area contributed by atoms with E-state index in [-0.39, 0.29) is 5.97 Å². The van der Waals surface area contributed by atoms with Gasteiger partial charge in [-0.1, -0.05) is 18.2 Å². The second kappa shape index (κ2) is 6.58. The highest BCUT2D eigenvalue weighted by atomic mass is 16.5. The topological polar surface area (TPSA) is 26.3 Å². The third-order valence-electron chi connectivity index (χ3n) is 3.56. The van der Waals surface area contributed by atoms with E-state index in [0.29, 0.717) is 13.0 Å². The lowest BCUT2D eigenvalue weighted by Crippen LogP contribution is -2.03. The molecule has 0 N–H and O–H groups in total. The van der Waals surface area contributed by atoms with Crippen molar-refractivity contribution in [3.05, 3.63) is 34.9 Å². The summed E-state index contributed by atoms with van der Waals surface area (Å²) in [5.74, 6) is -0.0635. The van der Waals surface area contributed by atoms with E-state index in [4.69, 9.17) is 4.74 Å². The summed E-state index contributed by atoms with van der Waals surface area (Å²) in [6, 6.07) is 6.88. The van der Waals surface area contributed by atoms with E-state index >= 15 is 0 Å². The predicted molar refractivity (Wildman–Crippen MR) is 72.7 cm³/mol. The van der Waals surface area contributed by atoms with E-state index in [9.17, 15) is 4.79 Å². The fraction of sp³-hybridized carbons (Fsp3) is 0.562. The van der Waals surface area contributed by atoms with E-state index in [0.717, 1.165) is 19.3 Å². The van der Waals surface area contributed by atoms with E-state index in [1.807, 2.05) is 6.92 Å². The molecule has 18 heavy (non-hydrogen) atoms. The number of ether oxygens (including phenoxy) is 1. The van der Waals surface area contributed by atoms with E-state index in [1.54, 1.807) is 0 Å². The molecule has 2 rings (SSSR count). The number of rotatable bonds is 6. The molecule has 0 bridgehead atoms. The molecule has 0 spiro atoms. The Labute approximate surface area is 109 Å². The second-order valence-corrected chi connectivity index (χ2v) is 4.97. The van der Waals surface area contributed by atoms with Crippen molar-refractivity contribution in [3.8, 4) is 0 Å². The summed E-state index contributed by atoms with van der Waals surface area (Å²) in [6.07, 6.45) is 7.42. The lowest BCUT2D eigenvalue weighted by molar-refractivity contribution is -0.143. The Morgan fingerprint density at radius 1 is 1.22 bits per heavy atom. The standard InChI is InChI=1S/C16H22O2/c1-2-18-16(17)9-4-3-6-13-10-11-14-7-5-8-15(14)12-13/h10-12H,2-9H2,1H3. The summed E-state index contributed by atoms with van der Waals surface area (Å²) in [7, 11) is 0. The molecule has 1 aromatic carbocycles. The Hall–Kier alpha value is -1.31. The van der Waals surface area contributed by atoms with Crippen molar-refractivity contribution in [2.24, 2.45) is 0 Å². The Kier molecular flexibility index (Phi) is 4.80. The zero-order chi connectivity index (χ0) is 12.8. The largest absolute Gasteiger partial charge is 0.466 e. The highest BCUT2D eigenvalue weighted by Gasteiger charge is 2.10. The molecule has 98 valence electrons. The maximum atomic E-state index is 11.2. The number of hydrogen-bond acceptors (Lipinski definition) is 2. The van der Waals surface area contributed by atoms with Crippen molar-refractivity contribution in [1.29, 1.82) is 0 Å². The van der Waals surface area contributed by atoms with Crippen LogP contribution >= 0.6 is 0 Å². The first-order valence-electron chi connectivity index (χ1n) is 7.06. The first-order valence-corrected chi connectivity index (χ1v) is 7.06. The Bertz CT molecular complexity index is 410. The molecule has 0 amide bonds. The first-order chi connectivity index (χ1) is 8.79. The first kappa shape index (κ1) is 13.1. The van der Waals surface area contributed by atoms with Crippen LogP contribution in [0.3, 0.4) is 0 Å². The van der Waals surface area contributed by atoms with Crippen LogP contribution < -0.4 is 0 Å². The van der Waals surface area contributed by atoms with Crippen LogP contribution in [0.2, 0.25) is 0 Å². The SMILES string of the molecule is CCOC(=O)CCCCc1ccc2c(c1)CCC2. The van der Waals surface area contributed by atoms with E-state index < -0.39 is 0 Å². The molecule has 1 aromatic rings. The summed E-state index contributed by atoms with van der Waals surface area (Å²) in [6.45, 7) is 2.34. The van der Waals surface area contributed by atoms with Gasteiger partial charge >= 0.3 is 5.97 Å². The summed E-state index contributed by atoms with van der Waals surface area (Å²) < 4.78 is 4.92. The highest BCUT2D eigenvalue weighted by molar-refractivity contribution is 5.69. The third kappa shape index (κ3) is 3.59. The van der Waals surface area contributed by atoms with Crippen molar-refractivity contribution in [1.82, 2.24) is 0 Å². The van der Waals surface area contributed by atoms with Gasteiger partial charge in [0.2, 0.25) is 0 Å². The van der Waals surface area contributed by atoms with Crippen molar-refractivity contribution in [2.45, 2.75) is 51.9 Å². The molecule has 0 radical (unpaired) electrons. The molecule has 1 aliphatic rings. The van der Waals surface area contributed by atoms with E-state index in [2.05, 4.69) is 18.2 Å². The summed E-state index contributed by atoms with van der Waals surface area (Å²) in [5.41, 5.74) is 4.49. The fourth-order valence-corrected chi connectivity index (χ4v) is 2.61. The molecule has 0 fully saturated rings. The van der Waals surface area contributed by atoms with Gasteiger partial charge < -0.3 is 4.74 Å². The molecule has 2 heteroatoms. The van der Waals surface area contributed by atoms with Crippen molar-refractivity contribution in [3.63, 3.8) is 0 Å². The van der Waals surface area contributed by atoms with Gasteiger partial charge in [-0.15, -0.1) is 0 Å². The number of esters is 1. The van der Waals surface area contributed by atoms with Crippen molar-refractivity contribution >= 4 is 5.97 Å². The number of fused-ring (bicyclic) bond motifs is 1. The van der Waals surface area contributed by atoms with Crippen LogP contribution in [-0.2, 0) is 28.8 Å². The fourth-order valence-electron chi connectivity index (χ4n) is 2.61. The number of carbonyl (C=O) groups is 1. The molecule has 1 aliphatic carbocycles. The van der Waals surface area contributed by atoms with Crippen LogP contribution in [0.5, 0.6) is 0 Å². The average molecular weight is 246 g/mol. The van der Waals surface area contributed by atoms with Gasteiger partial charge in [0.05, 0.1) is 6.61 Å². The Morgan fingerprint density at radius 2 is 2.06 bits per heavy atom. The van der Waals surface area contributed by atoms with Gasteiger partial charge in [0.15, 0.2) is 0 Å². The van der Waals surface area contributed by atoms with Crippen molar-refractivity contribution in [2.75, 3.05) is 6.61 Å². The van der Waals surface area contributed by atoms with Gasteiger partial charge in [-0.05, 0) is 62.1 Å². The molecule has 2 nitrogen and oxygen atoms in total.